The number of nitrogens with two attached hydrogens (primary N) is 1. The molecule has 2 heterocycles. The Labute approximate surface area is 134 Å². The monoisotopic (exact) mass is 300 g/mol. The van der Waals surface area contributed by atoms with E-state index in [1.807, 2.05) is 45.3 Å². The van der Waals surface area contributed by atoms with Crippen molar-refractivity contribution in [1.29, 1.82) is 0 Å². The van der Waals surface area contributed by atoms with Gasteiger partial charge in [0, 0.05) is 31.7 Å². The lowest BCUT2D eigenvalue weighted by atomic mass is 9.96. The summed E-state index contributed by atoms with van der Waals surface area (Å²) in [6.07, 6.45) is 7.02. The number of nitrogens with zero attached hydrogens (tertiary/aromatic N) is 2. The molecule has 3 rings (SSSR count). The van der Waals surface area contributed by atoms with Crippen molar-refractivity contribution < 1.29 is 0 Å². The van der Waals surface area contributed by atoms with E-state index in [1.54, 1.807) is 10.9 Å². The van der Waals surface area contributed by atoms with Crippen LogP contribution in [0.5, 0.6) is 0 Å². The van der Waals surface area contributed by atoms with Gasteiger partial charge in [-0.15, -0.1) is 0 Å². The summed E-state index contributed by atoms with van der Waals surface area (Å²) < 4.78 is 1.75. The zero-order valence-corrected chi connectivity index (χ0v) is 14.1. The van der Waals surface area contributed by atoms with Gasteiger partial charge in [-0.1, -0.05) is 26.0 Å². The lowest BCUT2D eigenvalue weighted by molar-refractivity contribution is 0.738. The summed E-state index contributed by atoms with van der Waals surface area (Å²) >= 11 is 0. The topological polar surface area (TPSA) is 55.9 Å². The summed E-state index contributed by atoms with van der Waals surface area (Å²) in [6.45, 7) is 8.18. The van der Waals surface area contributed by atoms with E-state index in [4.69, 9.17) is 5.73 Å². The molecule has 120 valence electrons. The van der Waals surface area contributed by atoms with Gasteiger partial charge in [-0.05, 0) is 54.8 Å². The number of aryl methyl sites for hydroxylation is 2. The first-order valence-corrected chi connectivity index (χ1v) is 7.86. The van der Waals surface area contributed by atoms with Gasteiger partial charge >= 0.3 is 0 Å². The van der Waals surface area contributed by atoms with Crippen molar-refractivity contribution in [2.75, 3.05) is 18.8 Å². The van der Waals surface area contributed by atoms with Crippen LogP contribution < -0.4 is 11.1 Å². The lowest BCUT2D eigenvalue weighted by Crippen LogP contribution is -2.20. The third-order valence-electron chi connectivity index (χ3n) is 3.30. The van der Waals surface area contributed by atoms with Crippen molar-refractivity contribution in [2.24, 2.45) is 7.05 Å². The van der Waals surface area contributed by atoms with Gasteiger partial charge in [-0.2, -0.15) is 5.10 Å². The number of nitrogens with one attached hydrogen (secondary N) is 1. The molecule has 0 amide bonds. The minimum absolute atomic E-state index is 0.848. The quantitative estimate of drug-likeness (QED) is 0.794. The Balaban J connectivity index is 0.000000253. The number of aromatic nitrogens is 2. The molecular weight excluding hydrogens is 272 g/mol. The SMILES string of the molecule is CC.Cc1cc(N)ccc1C1=CCNCC1.Cn1cccn1. The summed E-state index contributed by atoms with van der Waals surface area (Å²) in [7, 11) is 1.89. The second kappa shape index (κ2) is 9.79. The number of rotatable bonds is 1. The molecule has 1 aromatic carbocycles. The van der Waals surface area contributed by atoms with Crippen molar-refractivity contribution in [2.45, 2.75) is 27.2 Å². The largest absolute Gasteiger partial charge is 0.399 e. The fraction of sp³-hybridized carbons (Fsp3) is 0.389. The first-order chi connectivity index (χ1) is 10.7. The molecule has 0 fully saturated rings. The predicted molar refractivity (Wildman–Crippen MR) is 95.6 cm³/mol. The van der Waals surface area contributed by atoms with Crippen molar-refractivity contribution in [3.05, 3.63) is 53.9 Å². The molecule has 0 spiro atoms. The van der Waals surface area contributed by atoms with E-state index in [1.165, 1.54) is 16.7 Å². The Morgan fingerprint density at radius 1 is 1.27 bits per heavy atom. The predicted octanol–water partition coefficient (Wildman–Crippen LogP) is 3.40. The number of anilines is 1. The fourth-order valence-electron chi connectivity index (χ4n) is 2.26. The molecule has 1 aliphatic heterocycles. The minimum atomic E-state index is 0.848. The Bertz CT molecular complexity index is 571. The first-order valence-electron chi connectivity index (χ1n) is 7.86. The summed E-state index contributed by atoms with van der Waals surface area (Å²) in [5.41, 5.74) is 10.6. The van der Waals surface area contributed by atoms with Crippen LogP contribution >= 0.6 is 0 Å². The van der Waals surface area contributed by atoms with Crippen LogP contribution in [0.2, 0.25) is 0 Å². The van der Waals surface area contributed by atoms with Gasteiger partial charge in [0.05, 0.1) is 0 Å². The van der Waals surface area contributed by atoms with E-state index in [0.29, 0.717) is 0 Å². The molecule has 0 saturated heterocycles. The molecule has 1 aliphatic rings. The Kier molecular flexibility index (Phi) is 8.00. The van der Waals surface area contributed by atoms with Gasteiger partial charge in [0.15, 0.2) is 0 Å². The molecule has 22 heavy (non-hydrogen) atoms. The second-order valence-corrected chi connectivity index (χ2v) is 4.94. The van der Waals surface area contributed by atoms with Crippen LogP contribution in [-0.4, -0.2) is 22.9 Å². The van der Waals surface area contributed by atoms with Crippen molar-refractivity contribution in [1.82, 2.24) is 15.1 Å². The van der Waals surface area contributed by atoms with Gasteiger partial charge in [-0.3, -0.25) is 4.68 Å². The third kappa shape index (κ3) is 5.74. The van der Waals surface area contributed by atoms with Crippen molar-refractivity contribution in [3.63, 3.8) is 0 Å². The zero-order chi connectivity index (χ0) is 16.4. The lowest BCUT2D eigenvalue weighted by Gasteiger charge is -2.16. The van der Waals surface area contributed by atoms with E-state index in [2.05, 4.69) is 29.5 Å². The van der Waals surface area contributed by atoms with E-state index >= 15 is 0 Å². The Morgan fingerprint density at radius 2 is 2.05 bits per heavy atom. The van der Waals surface area contributed by atoms with E-state index in [-0.39, 0.29) is 0 Å². The second-order valence-electron chi connectivity index (χ2n) is 4.94. The van der Waals surface area contributed by atoms with Crippen LogP contribution in [0.15, 0.2) is 42.7 Å². The summed E-state index contributed by atoms with van der Waals surface area (Å²) in [5.74, 6) is 0. The maximum atomic E-state index is 5.73. The number of nitrogen functional groups attached to an aromatic ring is 1. The van der Waals surface area contributed by atoms with E-state index in [9.17, 15) is 0 Å². The molecule has 0 aliphatic carbocycles. The highest BCUT2D eigenvalue weighted by molar-refractivity contribution is 5.70. The van der Waals surface area contributed by atoms with Gasteiger partial charge in [0.2, 0.25) is 0 Å². The Hall–Kier alpha value is -2.07. The molecule has 0 saturated carbocycles. The molecule has 3 N–H and O–H groups in total. The van der Waals surface area contributed by atoms with E-state index in [0.717, 1.165) is 25.2 Å². The average molecular weight is 300 g/mol. The summed E-state index contributed by atoms with van der Waals surface area (Å²) in [5, 5.41) is 7.15. The fourth-order valence-corrected chi connectivity index (χ4v) is 2.26. The minimum Gasteiger partial charge on any atom is -0.399 e. The molecule has 4 nitrogen and oxygen atoms in total. The zero-order valence-electron chi connectivity index (χ0n) is 14.1. The molecule has 0 radical (unpaired) electrons. The number of hydrogen-bond acceptors (Lipinski definition) is 3. The molecule has 0 bridgehead atoms. The smallest absolute Gasteiger partial charge is 0.0489 e. The van der Waals surface area contributed by atoms with Crippen LogP contribution in [0.3, 0.4) is 0 Å². The highest BCUT2D eigenvalue weighted by Crippen LogP contribution is 2.24. The molecule has 2 aromatic rings. The van der Waals surface area contributed by atoms with Gasteiger partial charge in [0.25, 0.3) is 0 Å². The van der Waals surface area contributed by atoms with Crippen LogP contribution in [0.4, 0.5) is 5.69 Å². The highest BCUT2D eigenvalue weighted by atomic mass is 15.2. The highest BCUT2D eigenvalue weighted by Gasteiger charge is 2.07. The van der Waals surface area contributed by atoms with Gasteiger partial charge in [0.1, 0.15) is 0 Å². The standard InChI is InChI=1S/C12H16N2.C4H6N2.C2H6/c1-9-8-11(13)2-3-12(9)10-4-6-14-7-5-10;1-6-4-2-3-5-6;1-2/h2-4,8,14H,5-7,13H2,1H3;2-4H,1H3;1-2H3. The number of hydrogen-bond donors (Lipinski definition) is 2. The first kappa shape index (κ1) is 18.0. The van der Waals surface area contributed by atoms with Crippen molar-refractivity contribution in [3.8, 4) is 0 Å². The van der Waals surface area contributed by atoms with E-state index < -0.39 is 0 Å². The van der Waals surface area contributed by atoms with Crippen LogP contribution in [0, 0.1) is 6.92 Å². The summed E-state index contributed by atoms with van der Waals surface area (Å²) in [4.78, 5) is 0. The molecule has 0 unspecified atom stereocenters. The van der Waals surface area contributed by atoms with Crippen molar-refractivity contribution >= 4 is 11.3 Å². The third-order valence-corrected chi connectivity index (χ3v) is 3.30. The maximum Gasteiger partial charge on any atom is 0.0489 e. The normalized spacial score (nSPS) is 13.2. The molecule has 0 atom stereocenters. The molecule has 4 heteroatoms. The Morgan fingerprint density at radius 3 is 2.50 bits per heavy atom. The maximum absolute atomic E-state index is 5.73. The number of benzene rings is 1. The van der Waals surface area contributed by atoms with Crippen LogP contribution in [-0.2, 0) is 7.05 Å². The summed E-state index contributed by atoms with van der Waals surface area (Å²) in [6, 6.07) is 8.03. The van der Waals surface area contributed by atoms with Gasteiger partial charge < -0.3 is 11.1 Å². The average Bonchev–Trinajstić information content (AvgIpc) is 3.02. The van der Waals surface area contributed by atoms with Crippen LogP contribution in [0.1, 0.15) is 31.4 Å². The molecule has 1 aromatic heterocycles. The molecular formula is C18H28N4. The van der Waals surface area contributed by atoms with Crippen LogP contribution in [0.25, 0.3) is 5.57 Å². The van der Waals surface area contributed by atoms with Gasteiger partial charge in [-0.25, -0.2) is 0 Å².